The summed E-state index contributed by atoms with van der Waals surface area (Å²) < 4.78 is 0. The van der Waals surface area contributed by atoms with Crippen molar-refractivity contribution in [3.05, 3.63) is 0 Å². The Morgan fingerprint density at radius 1 is 1.25 bits per heavy atom. The van der Waals surface area contributed by atoms with Crippen molar-refractivity contribution in [2.24, 2.45) is 10.7 Å². The van der Waals surface area contributed by atoms with Gasteiger partial charge < -0.3 is 15.5 Å². The number of halogens is 1. The van der Waals surface area contributed by atoms with Crippen LogP contribution in [0.5, 0.6) is 0 Å². The molecule has 0 fully saturated rings. The molecule has 0 aromatic rings. The number of carbonyl (C=O) groups is 1. The molecule has 0 atom stereocenters. The Balaban J connectivity index is 0. The highest BCUT2D eigenvalue weighted by Gasteiger charge is 2.04. The summed E-state index contributed by atoms with van der Waals surface area (Å²) in [5.41, 5.74) is 5.75. The fourth-order valence-corrected chi connectivity index (χ4v) is 1.14. The molecule has 5 nitrogen and oxygen atoms in total. The second-order valence-corrected chi connectivity index (χ2v) is 3.45. The molecule has 2 N–H and O–H groups in total. The average Bonchev–Trinajstić information content (AvgIpc) is 2.19. The summed E-state index contributed by atoms with van der Waals surface area (Å²) >= 11 is 0. The van der Waals surface area contributed by atoms with Gasteiger partial charge in [-0.3, -0.25) is 9.79 Å². The van der Waals surface area contributed by atoms with Gasteiger partial charge >= 0.3 is 0 Å². The summed E-state index contributed by atoms with van der Waals surface area (Å²) in [5.74, 6) is 0.595. The number of aliphatic imine (C=N–C) groups is 1. The number of carbonyl (C=O) groups excluding carboxylic acids is 1. The maximum Gasteiger partial charge on any atom is 0.223 e. The lowest BCUT2D eigenvalue weighted by Crippen LogP contribution is -2.37. The van der Waals surface area contributed by atoms with Gasteiger partial charge in [0.05, 0.1) is 6.54 Å². The van der Waals surface area contributed by atoms with Crippen molar-refractivity contribution in [1.29, 1.82) is 0 Å². The van der Waals surface area contributed by atoms with Crippen molar-refractivity contribution in [3.8, 4) is 0 Å². The molecule has 6 heteroatoms. The zero-order chi connectivity index (χ0) is 11.8. The van der Waals surface area contributed by atoms with Crippen LogP contribution < -0.4 is 5.73 Å². The van der Waals surface area contributed by atoms with Gasteiger partial charge in [0.15, 0.2) is 5.96 Å². The monoisotopic (exact) mass is 342 g/mol. The minimum absolute atomic E-state index is 0. The van der Waals surface area contributed by atoms with Crippen molar-refractivity contribution in [3.63, 3.8) is 0 Å². The van der Waals surface area contributed by atoms with Gasteiger partial charge in [-0.15, -0.1) is 24.0 Å². The molecule has 96 valence electrons. The Hall–Kier alpha value is -0.530. The zero-order valence-electron chi connectivity index (χ0n) is 10.6. The van der Waals surface area contributed by atoms with Crippen LogP contribution in [-0.2, 0) is 4.79 Å². The maximum absolute atomic E-state index is 11.2. The minimum atomic E-state index is 0. The molecule has 0 rings (SSSR count). The van der Waals surface area contributed by atoms with E-state index in [4.69, 9.17) is 5.73 Å². The second kappa shape index (κ2) is 9.68. The molecule has 0 aromatic carbocycles. The van der Waals surface area contributed by atoms with Crippen molar-refractivity contribution >= 4 is 35.8 Å². The number of rotatable bonds is 5. The maximum atomic E-state index is 11.2. The largest absolute Gasteiger partial charge is 0.370 e. The van der Waals surface area contributed by atoms with Crippen LogP contribution in [0.2, 0.25) is 0 Å². The van der Waals surface area contributed by atoms with E-state index in [1.54, 1.807) is 19.0 Å². The van der Waals surface area contributed by atoms with Gasteiger partial charge in [0.2, 0.25) is 5.91 Å². The predicted octanol–water partition coefficient (Wildman–Crippen LogP) is 0.739. The number of nitrogens with zero attached hydrogens (tertiary/aromatic N) is 3. The van der Waals surface area contributed by atoms with Crippen molar-refractivity contribution in [2.75, 3.05) is 33.7 Å². The van der Waals surface area contributed by atoms with Gasteiger partial charge in [0.1, 0.15) is 0 Å². The number of amides is 1. The molecule has 16 heavy (non-hydrogen) atoms. The van der Waals surface area contributed by atoms with Crippen LogP contribution in [0.15, 0.2) is 4.99 Å². The molecule has 0 aliphatic carbocycles. The van der Waals surface area contributed by atoms with Crippen LogP contribution in [0, 0.1) is 0 Å². The van der Waals surface area contributed by atoms with Crippen LogP contribution in [-0.4, -0.2) is 55.4 Å². The molecule has 0 saturated heterocycles. The Labute approximate surface area is 115 Å². The Morgan fingerprint density at radius 2 is 1.75 bits per heavy atom. The van der Waals surface area contributed by atoms with Gasteiger partial charge in [-0.25, -0.2) is 0 Å². The first kappa shape index (κ1) is 17.9. The summed E-state index contributed by atoms with van der Waals surface area (Å²) in [6.45, 7) is 6.19. The van der Waals surface area contributed by atoms with E-state index in [-0.39, 0.29) is 29.9 Å². The third-order valence-electron chi connectivity index (χ3n) is 2.19. The van der Waals surface area contributed by atoms with Crippen molar-refractivity contribution < 1.29 is 4.79 Å². The van der Waals surface area contributed by atoms with E-state index in [1.807, 2.05) is 18.7 Å². The number of hydrogen-bond donors (Lipinski definition) is 1. The van der Waals surface area contributed by atoms with Gasteiger partial charge in [-0.05, 0) is 13.8 Å². The van der Waals surface area contributed by atoms with E-state index in [1.165, 1.54) is 0 Å². The quantitative estimate of drug-likeness (QED) is 0.455. The Kier molecular flexibility index (Phi) is 10.8. The van der Waals surface area contributed by atoms with Crippen LogP contribution >= 0.6 is 24.0 Å². The SMILES string of the molecule is CCN(CC)C(N)=NCCC(=O)N(C)C.I. The predicted molar refractivity (Wildman–Crippen MR) is 78.1 cm³/mol. The lowest BCUT2D eigenvalue weighted by atomic mass is 10.4. The van der Waals surface area contributed by atoms with E-state index in [0.29, 0.717) is 18.9 Å². The van der Waals surface area contributed by atoms with Gasteiger partial charge in [0.25, 0.3) is 0 Å². The van der Waals surface area contributed by atoms with Crippen LogP contribution in [0.1, 0.15) is 20.3 Å². The summed E-state index contributed by atoms with van der Waals surface area (Å²) in [5, 5.41) is 0. The molecule has 0 unspecified atom stereocenters. The first-order valence-electron chi connectivity index (χ1n) is 5.27. The van der Waals surface area contributed by atoms with Crippen LogP contribution in [0.3, 0.4) is 0 Å². The van der Waals surface area contributed by atoms with E-state index in [0.717, 1.165) is 13.1 Å². The number of hydrogen-bond acceptors (Lipinski definition) is 2. The lowest BCUT2D eigenvalue weighted by Gasteiger charge is -2.19. The van der Waals surface area contributed by atoms with E-state index in [2.05, 4.69) is 4.99 Å². The lowest BCUT2D eigenvalue weighted by molar-refractivity contribution is -0.128. The Morgan fingerprint density at radius 3 is 2.12 bits per heavy atom. The molecule has 0 aliphatic rings. The standard InChI is InChI=1S/C10H22N4O.HI/c1-5-14(6-2)10(11)12-8-7-9(15)13(3)4;/h5-8H2,1-4H3,(H2,11,12);1H. The smallest absolute Gasteiger partial charge is 0.223 e. The molecular formula is C10H23IN4O. The van der Waals surface area contributed by atoms with E-state index in [9.17, 15) is 4.79 Å². The summed E-state index contributed by atoms with van der Waals surface area (Å²) in [6.07, 6.45) is 0.412. The highest BCUT2D eigenvalue weighted by Crippen LogP contribution is 1.91. The molecule has 0 aromatic heterocycles. The van der Waals surface area contributed by atoms with Crippen molar-refractivity contribution in [2.45, 2.75) is 20.3 Å². The number of nitrogens with two attached hydrogens (primary N) is 1. The zero-order valence-corrected chi connectivity index (χ0v) is 12.9. The third kappa shape index (κ3) is 6.86. The van der Waals surface area contributed by atoms with Crippen LogP contribution in [0.4, 0.5) is 0 Å². The highest BCUT2D eigenvalue weighted by molar-refractivity contribution is 14.0. The summed E-state index contributed by atoms with van der Waals surface area (Å²) in [6, 6.07) is 0. The Bertz CT molecular complexity index is 227. The van der Waals surface area contributed by atoms with E-state index < -0.39 is 0 Å². The van der Waals surface area contributed by atoms with E-state index >= 15 is 0 Å². The number of guanidine groups is 1. The third-order valence-corrected chi connectivity index (χ3v) is 2.19. The molecule has 1 amide bonds. The fourth-order valence-electron chi connectivity index (χ4n) is 1.14. The summed E-state index contributed by atoms with van der Waals surface area (Å²) in [4.78, 5) is 18.9. The molecule has 0 spiro atoms. The van der Waals surface area contributed by atoms with Crippen molar-refractivity contribution in [1.82, 2.24) is 9.80 Å². The molecule has 0 heterocycles. The molecule has 0 radical (unpaired) electrons. The minimum Gasteiger partial charge on any atom is -0.370 e. The first-order chi connectivity index (χ1) is 7.02. The average molecular weight is 342 g/mol. The highest BCUT2D eigenvalue weighted by atomic mass is 127. The van der Waals surface area contributed by atoms with Gasteiger partial charge in [-0.2, -0.15) is 0 Å². The first-order valence-corrected chi connectivity index (χ1v) is 5.27. The normalized spacial score (nSPS) is 10.6. The molecule has 0 saturated carbocycles. The van der Waals surface area contributed by atoms with Gasteiger partial charge in [0, 0.05) is 33.6 Å². The van der Waals surface area contributed by atoms with Gasteiger partial charge in [-0.1, -0.05) is 0 Å². The molecule has 0 aliphatic heterocycles. The summed E-state index contributed by atoms with van der Waals surface area (Å²) in [7, 11) is 3.47. The topological polar surface area (TPSA) is 61.9 Å². The molecule has 0 bridgehead atoms. The molecular weight excluding hydrogens is 319 g/mol. The fraction of sp³-hybridized carbons (Fsp3) is 0.800. The van der Waals surface area contributed by atoms with Crippen LogP contribution in [0.25, 0.3) is 0 Å². The second-order valence-electron chi connectivity index (χ2n) is 3.45.